The lowest BCUT2D eigenvalue weighted by Crippen LogP contribution is -2.13. The lowest BCUT2D eigenvalue weighted by atomic mass is 10.2. The Morgan fingerprint density at radius 1 is 0.935 bits per heavy atom. The van der Waals surface area contributed by atoms with Gasteiger partial charge in [0, 0.05) is 12.6 Å². The average molecular weight is 433 g/mol. The predicted molar refractivity (Wildman–Crippen MR) is 120 cm³/mol. The molecule has 0 atom stereocenters. The van der Waals surface area contributed by atoms with Gasteiger partial charge in [0.15, 0.2) is 4.80 Å². The van der Waals surface area contributed by atoms with Crippen molar-refractivity contribution in [3.8, 4) is 11.5 Å². The van der Waals surface area contributed by atoms with E-state index in [0.717, 1.165) is 10.2 Å². The number of aryl methyl sites for hydroxylation is 1. The fraction of sp³-hybridized carbons (Fsp3) is 0.125. The van der Waals surface area contributed by atoms with E-state index in [1.165, 1.54) is 11.3 Å². The monoisotopic (exact) mass is 432 g/mol. The summed E-state index contributed by atoms with van der Waals surface area (Å²) in [5.41, 5.74) is 1.78. The number of amides is 1. The van der Waals surface area contributed by atoms with E-state index in [0.29, 0.717) is 34.0 Å². The minimum atomic E-state index is -0.370. The lowest BCUT2D eigenvalue weighted by Gasteiger charge is -2.06. The first kappa shape index (κ1) is 20.6. The Morgan fingerprint density at radius 2 is 1.71 bits per heavy atom. The maximum Gasteiger partial charge on any atom is 0.338 e. The van der Waals surface area contributed by atoms with Crippen molar-refractivity contribution in [2.45, 2.75) is 6.92 Å². The fourth-order valence-corrected chi connectivity index (χ4v) is 4.11. The molecule has 0 fully saturated rings. The van der Waals surface area contributed by atoms with Crippen LogP contribution in [0.15, 0.2) is 77.8 Å². The lowest BCUT2D eigenvalue weighted by molar-refractivity contribution is 0.0526. The van der Waals surface area contributed by atoms with E-state index in [4.69, 9.17) is 9.47 Å². The van der Waals surface area contributed by atoms with Crippen LogP contribution in [0.1, 0.15) is 27.6 Å². The molecule has 0 bridgehead atoms. The first-order valence-electron chi connectivity index (χ1n) is 9.74. The molecule has 1 heterocycles. The summed E-state index contributed by atoms with van der Waals surface area (Å²) in [6.07, 6.45) is 0. The summed E-state index contributed by atoms with van der Waals surface area (Å²) in [6.45, 7) is 2.08. The van der Waals surface area contributed by atoms with Gasteiger partial charge in [-0.05, 0) is 55.5 Å². The van der Waals surface area contributed by atoms with Crippen LogP contribution in [0.5, 0.6) is 11.5 Å². The number of nitrogens with zero attached hydrogens (tertiary/aromatic N) is 2. The van der Waals surface area contributed by atoms with Crippen LogP contribution in [0.2, 0.25) is 0 Å². The van der Waals surface area contributed by atoms with Gasteiger partial charge in [-0.3, -0.25) is 4.79 Å². The van der Waals surface area contributed by atoms with Gasteiger partial charge in [0.05, 0.1) is 22.4 Å². The predicted octanol–water partition coefficient (Wildman–Crippen LogP) is 4.95. The second-order valence-corrected chi connectivity index (χ2v) is 7.72. The second kappa shape index (κ2) is 8.97. The van der Waals surface area contributed by atoms with E-state index >= 15 is 0 Å². The van der Waals surface area contributed by atoms with Crippen LogP contribution >= 0.6 is 11.3 Å². The number of esters is 1. The van der Waals surface area contributed by atoms with Gasteiger partial charge in [-0.15, -0.1) is 0 Å². The molecule has 0 N–H and O–H groups in total. The standard InChI is InChI=1S/C24H20N2O4S/c1-3-29-23(28)17-12-13-20-21(15-17)31-24(26(20)2)25-22(27)16-8-7-11-19(14-16)30-18-9-5-4-6-10-18/h4-15H,3H2,1-2H3. The van der Waals surface area contributed by atoms with Crippen molar-refractivity contribution >= 4 is 33.4 Å². The second-order valence-electron chi connectivity index (χ2n) is 6.71. The molecule has 1 amide bonds. The zero-order valence-electron chi connectivity index (χ0n) is 17.1. The smallest absolute Gasteiger partial charge is 0.338 e. The normalized spacial score (nSPS) is 11.5. The van der Waals surface area contributed by atoms with Crippen molar-refractivity contribution in [2.24, 2.45) is 12.0 Å². The minimum absolute atomic E-state index is 0.317. The quantitative estimate of drug-likeness (QED) is 0.419. The van der Waals surface area contributed by atoms with Crippen LogP contribution in [-0.4, -0.2) is 23.1 Å². The van der Waals surface area contributed by atoms with E-state index in [2.05, 4.69) is 4.99 Å². The zero-order chi connectivity index (χ0) is 21.8. The molecule has 4 aromatic rings. The van der Waals surface area contributed by atoms with Crippen molar-refractivity contribution in [3.63, 3.8) is 0 Å². The molecule has 0 radical (unpaired) electrons. The van der Waals surface area contributed by atoms with Gasteiger partial charge in [0.25, 0.3) is 5.91 Å². The highest BCUT2D eigenvalue weighted by molar-refractivity contribution is 7.16. The van der Waals surface area contributed by atoms with E-state index in [9.17, 15) is 9.59 Å². The molecule has 0 aliphatic carbocycles. The molecule has 1 aromatic heterocycles. The Hall–Kier alpha value is -3.71. The summed E-state index contributed by atoms with van der Waals surface area (Å²) in [5.74, 6) is 0.515. The van der Waals surface area contributed by atoms with Crippen molar-refractivity contribution in [1.82, 2.24) is 4.57 Å². The molecule has 0 aliphatic rings. The maximum atomic E-state index is 12.8. The molecule has 0 saturated heterocycles. The summed E-state index contributed by atoms with van der Waals surface area (Å²) < 4.78 is 13.5. The molecule has 156 valence electrons. The third-order valence-corrected chi connectivity index (χ3v) is 5.67. The highest BCUT2D eigenvalue weighted by Crippen LogP contribution is 2.23. The molecule has 7 heteroatoms. The minimum Gasteiger partial charge on any atom is -0.462 e. The van der Waals surface area contributed by atoms with Gasteiger partial charge in [-0.2, -0.15) is 4.99 Å². The van der Waals surface area contributed by atoms with Crippen molar-refractivity contribution in [1.29, 1.82) is 0 Å². The Kier molecular flexibility index (Phi) is 5.95. The summed E-state index contributed by atoms with van der Waals surface area (Å²) in [7, 11) is 1.84. The third kappa shape index (κ3) is 4.57. The highest BCUT2D eigenvalue weighted by atomic mass is 32.1. The summed E-state index contributed by atoms with van der Waals surface area (Å²) in [5, 5.41) is 0. The number of carbonyl (C=O) groups is 2. The first-order valence-corrected chi connectivity index (χ1v) is 10.6. The Balaban J connectivity index is 1.63. The topological polar surface area (TPSA) is 69.9 Å². The van der Waals surface area contributed by atoms with Crippen molar-refractivity contribution in [3.05, 3.63) is 88.7 Å². The maximum absolute atomic E-state index is 12.8. The molecule has 31 heavy (non-hydrogen) atoms. The van der Waals surface area contributed by atoms with Crippen LogP contribution in [0.25, 0.3) is 10.2 Å². The zero-order valence-corrected chi connectivity index (χ0v) is 17.9. The Labute approximate surface area is 183 Å². The van der Waals surface area contributed by atoms with E-state index < -0.39 is 0 Å². The number of para-hydroxylation sites is 1. The third-order valence-electron chi connectivity index (χ3n) is 4.58. The largest absolute Gasteiger partial charge is 0.462 e. The van der Waals surface area contributed by atoms with Gasteiger partial charge in [-0.25, -0.2) is 4.79 Å². The molecular formula is C24H20N2O4S. The average Bonchev–Trinajstić information content (AvgIpc) is 3.09. The van der Waals surface area contributed by atoms with Gasteiger partial charge in [0.2, 0.25) is 0 Å². The summed E-state index contributed by atoms with van der Waals surface area (Å²) in [4.78, 5) is 29.6. The summed E-state index contributed by atoms with van der Waals surface area (Å²) in [6, 6.07) is 21.6. The molecule has 0 spiro atoms. The Morgan fingerprint density at radius 3 is 2.48 bits per heavy atom. The van der Waals surface area contributed by atoms with Gasteiger partial charge >= 0.3 is 5.97 Å². The van der Waals surface area contributed by atoms with Crippen LogP contribution in [0.4, 0.5) is 0 Å². The van der Waals surface area contributed by atoms with E-state index in [-0.39, 0.29) is 11.9 Å². The molecule has 0 unspecified atom stereocenters. The molecule has 4 rings (SSSR count). The van der Waals surface area contributed by atoms with Crippen LogP contribution in [0, 0.1) is 0 Å². The number of carbonyl (C=O) groups excluding carboxylic acids is 2. The highest BCUT2D eigenvalue weighted by Gasteiger charge is 2.12. The van der Waals surface area contributed by atoms with E-state index in [1.807, 2.05) is 48.0 Å². The van der Waals surface area contributed by atoms with Gasteiger partial charge in [0.1, 0.15) is 11.5 Å². The molecule has 6 nitrogen and oxygen atoms in total. The molecular weight excluding hydrogens is 412 g/mol. The van der Waals surface area contributed by atoms with Gasteiger partial charge < -0.3 is 14.0 Å². The van der Waals surface area contributed by atoms with Crippen LogP contribution in [0.3, 0.4) is 0 Å². The number of benzene rings is 3. The SMILES string of the molecule is CCOC(=O)c1ccc2c(c1)sc(=NC(=O)c1cccc(Oc3ccccc3)c1)n2C. The Bertz CT molecular complexity index is 1320. The van der Waals surface area contributed by atoms with Gasteiger partial charge in [-0.1, -0.05) is 35.6 Å². The van der Waals surface area contributed by atoms with Crippen LogP contribution in [-0.2, 0) is 11.8 Å². The number of thiazole rings is 1. The van der Waals surface area contributed by atoms with Crippen molar-refractivity contribution < 1.29 is 19.1 Å². The number of fused-ring (bicyclic) bond motifs is 1. The molecule has 0 saturated carbocycles. The van der Waals surface area contributed by atoms with Crippen molar-refractivity contribution in [2.75, 3.05) is 6.61 Å². The molecule has 3 aromatic carbocycles. The summed E-state index contributed by atoms with van der Waals surface area (Å²) >= 11 is 1.34. The number of ether oxygens (including phenoxy) is 2. The van der Waals surface area contributed by atoms with E-state index in [1.54, 1.807) is 43.3 Å². The number of hydrogen-bond donors (Lipinski definition) is 0. The first-order chi connectivity index (χ1) is 15.0. The molecule has 0 aliphatic heterocycles. The van der Waals surface area contributed by atoms with Crippen LogP contribution < -0.4 is 9.54 Å². The fourth-order valence-electron chi connectivity index (χ4n) is 3.05. The number of hydrogen-bond acceptors (Lipinski definition) is 5. The number of aromatic nitrogens is 1. The number of rotatable bonds is 5.